The number of benzene rings is 1. The number of carbonyl (C=O) groups excluding carboxylic acids is 1. The minimum absolute atomic E-state index is 0.145. The van der Waals surface area contributed by atoms with Gasteiger partial charge in [0.1, 0.15) is 22.7 Å². The number of hydrogen-bond acceptors (Lipinski definition) is 3. The maximum absolute atomic E-state index is 13.9. The number of methoxy groups -OCH3 is 1. The minimum atomic E-state index is -0.906. The molecule has 1 saturated carbocycles. The van der Waals surface area contributed by atoms with E-state index in [4.69, 9.17) is 4.74 Å². The van der Waals surface area contributed by atoms with Gasteiger partial charge in [0.15, 0.2) is 0 Å². The van der Waals surface area contributed by atoms with E-state index in [9.17, 15) is 14.4 Å². The summed E-state index contributed by atoms with van der Waals surface area (Å²) in [4.78, 5) is 12.4. The third kappa shape index (κ3) is 3.15. The molecule has 1 aromatic rings. The molecule has 0 atom stereocenters. The van der Waals surface area contributed by atoms with Crippen LogP contribution in [-0.2, 0) is 0 Å². The zero-order valence-electron chi connectivity index (χ0n) is 12.3. The average molecular weight is 290 g/mol. The van der Waals surface area contributed by atoms with Gasteiger partial charge in [-0.05, 0) is 43.7 Å². The summed E-state index contributed by atoms with van der Waals surface area (Å²) < 4.78 is 18.9. The Hall–Kier alpha value is -2.09. The number of amides is 1. The van der Waals surface area contributed by atoms with Gasteiger partial charge in [0.25, 0.3) is 5.91 Å². The molecule has 1 aliphatic carbocycles. The highest BCUT2D eigenvalue weighted by atomic mass is 19.1. The van der Waals surface area contributed by atoms with Crippen LogP contribution in [0.2, 0.25) is 0 Å². The molecule has 1 amide bonds. The standard InChI is InChI=1S/C16H19FN2O2/c1-11-6-8-16(10-18,9-7-11)19-15(20)14-12(17)4-3-5-13(14)21-2/h3-5,11H,6-9H2,1-2H3,(H,19,20). The summed E-state index contributed by atoms with van der Waals surface area (Å²) in [6.07, 6.45) is 2.94. The fourth-order valence-electron chi connectivity index (χ4n) is 2.69. The van der Waals surface area contributed by atoms with E-state index in [0.717, 1.165) is 12.8 Å². The van der Waals surface area contributed by atoms with Crippen molar-refractivity contribution in [3.05, 3.63) is 29.6 Å². The predicted octanol–water partition coefficient (Wildman–Crippen LogP) is 3.04. The molecule has 1 aromatic carbocycles. The SMILES string of the molecule is COc1cccc(F)c1C(=O)NC1(C#N)CCC(C)CC1. The summed E-state index contributed by atoms with van der Waals surface area (Å²) in [7, 11) is 1.38. The zero-order valence-corrected chi connectivity index (χ0v) is 12.3. The monoisotopic (exact) mass is 290 g/mol. The van der Waals surface area contributed by atoms with E-state index in [2.05, 4.69) is 18.3 Å². The van der Waals surface area contributed by atoms with Crippen LogP contribution in [0.4, 0.5) is 4.39 Å². The van der Waals surface area contributed by atoms with E-state index >= 15 is 0 Å². The Kier molecular flexibility index (Phi) is 4.46. The fourth-order valence-corrected chi connectivity index (χ4v) is 2.69. The molecule has 0 bridgehead atoms. The Balaban J connectivity index is 2.23. The van der Waals surface area contributed by atoms with Crippen LogP contribution in [-0.4, -0.2) is 18.6 Å². The Labute approximate surface area is 123 Å². The van der Waals surface area contributed by atoms with Crippen molar-refractivity contribution in [2.24, 2.45) is 5.92 Å². The summed E-state index contributed by atoms with van der Waals surface area (Å²) in [6.45, 7) is 2.13. The summed E-state index contributed by atoms with van der Waals surface area (Å²) in [6, 6.07) is 6.42. The Bertz CT molecular complexity index is 572. The number of nitrogens with zero attached hydrogens (tertiary/aromatic N) is 1. The van der Waals surface area contributed by atoms with Crippen LogP contribution in [0.5, 0.6) is 5.75 Å². The number of nitriles is 1. The summed E-state index contributed by atoms with van der Waals surface area (Å²) in [5.41, 5.74) is -1.05. The third-order valence-corrected chi connectivity index (χ3v) is 4.12. The van der Waals surface area contributed by atoms with E-state index in [0.29, 0.717) is 18.8 Å². The zero-order chi connectivity index (χ0) is 15.5. The number of halogens is 1. The Morgan fingerprint density at radius 3 is 2.71 bits per heavy atom. The van der Waals surface area contributed by atoms with Crippen molar-refractivity contribution in [1.29, 1.82) is 5.26 Å². The van der Waals surface area contributed by atoms with E-state index < -0.39 is 17.3 Å². The first kappa shape index (κ1) is 15.3. The predicted molar refractivity (Wildman–Crippen MR) is 76.4 cm³/mol. The van der Waals surface area contributed by atoms with E-state index in [1.54, 1.807) is 0 Å². The largest absolute Gasteiger partial charge is 0.496 e. The van der Waals surface area contributed by atoms with Crippen LogP contribution >= 0.6 is 0 Å². The van der Waals surface area contributed by atoms with Crippen molar-refractivity contribution in [2.45, 2.75) is 38.1 Å². The highest BCUT2D eigenvalue weighted by molar-refractivity contribution is 5.97. The highest BCUT2D eigenvalue weighted by Gasteiger charge is 2.37. The lowest BCUT2D eigenvalue weighted by atomic mass is 9.78. The summed E-state index contributed by atoms with van der Waals surface area (Å²) >= 11 is 0. The Morgan fingerprint density at radius 1 is 1.48 bits per heavy atom. The van der Waals surface area contributed by atoms with Gasteiger partial charge in [0, 0.05) is 0 Å². The van der Waals surface area contributed by atoms with Gasteiger partial charge >= 0.3 is 0 Å². The Morgan fingerprint density at radius 2 is 2.14 bits per heavy atom. The number of ether oxygens (including phenoxy) is 1. The first-order valence-corrected chi connectivity index (χ1v) is 7.07. The number of rotatable bonds is 3. The second kappa shape index (κ2) is 6.13. The van der Waals surface area contributed by atoms with Crippen molar-refractivity contribution in [3.8, 4) is 11.8 Å². The second-order valence-electron chi connectivity index (χ2n) is 5.65. The van der Waals surface area contributed by atoms with Gasteiger partial charge in [-0.15, -0.1) is 0 Å². The van der Waals surface area contributed by atoms with Gasteiger partial charge in [-0.3, -0.25) is 4.79 Å². The number of nitrogens with one attached hydrogen (secondary N) is 1. The van der Waals surface area contributed by atoms with Gasteiger partial charge in [-0.2, -0.15) is 5.26 Å². The molecule has 4 nitrogen and oxygen atoms in total. The van der Waals surface area contributed by atoms with Crippen molar-refractivity contribution in [3.63, 3.8) is 0 Å². The molecule has 0 radical (unpaired) electrons. The van der Waals surface area contributed by atoms with Gasteiger partial charge < -0.3 is 10.1 Å². The first-order chi connectivity index (χ1) is 10.0. The van der Waals surface area contributed by atoms with Crippen LogP contribution in [0.25, 0.3) is 0 Å². The molecule has 0 unspecified atom stereocenters. The van der Waals surface area contributed by atoms with Crippen molar-refractivity contribution < 1.29 is 13.9 Å². The number of hydrogen-bond donors (Lipinski definition) is 1. The topological polar surface area (TPSA) is 62.1 Å². The molecule has 0 aliphatic heterocycles. The van der Waals surface area contributed by atoms with Crippen molar-refractivity contribution in [2.75, 3.05) is 7.11 Å². The smallest absolute Gasteiger partial charge is 0.259 e. The van der Waals surface area contributed by atoms with Crippen molar-refractivity contribution in [1.82, 2.24) is 5.32 Å². The van der Waals surface area contributed by atoms with Crippen LogP contribution in [0.15, 0.2) is 18.2 Å². The molecular formula is C16H19FN2O2. The van der Waals surface area contributed by atoms with Crippen LogP contribution in [0.3, 0.4) is 0 Å². The molecule has 0 heterocycles. The average Bonchev–Trinajstić information content (AvgIpc) is 2.49. The van der Waals surface area contributed by atoms with Gasteiger partial charge in [-0.25, -0.2) is 4.39 Å². The molecular weight excluding hydrogens is 271 g/mol. The molecule has 21 heavy (non-hydrogen) atoms. The fraction of sp³-hybridized carbons (Fsp3) is 0.500. The molecule has 2 rings (SSSR count). The molecule has 0 spiro atoms. The quantitative estimate of drug-likeness (QED) is 0.930. The minimum Gasteiger partial charge on any atom is -0.496 e. The highest BCUT2D eigenvalue weighted by Crippen LogP contribution is 2.32. The molecule has 1 aliphatic rings. The van der Waals surface area contributed by atoms with E-state index in [1.807, 2.05) is 0 Å². The third-order valence-electron chi connectivity index (χ3n) is 4.12. The normalized spacial score (nSPS) is 25.0. The molecule has 0 aromatic heterocycles. The molecule has 112 valence electrons. The lowest BCUT2D eigenvalue weighted by Gasteiger charge is -2.34. The van der Waals surface area contributed by atoms with Crippen LogP contribution in [0.1, 0.15) is 43.0 Å². The van der Waals surface area contributed by atoms with Crippen molar-refractivity contribution >= 4 is 5.91 Å². The van der Waals surface area contributed by atoms with Crippen LogP contribution in [0, 0.1) is 23.1 Å². The lowest BCUT2D eigenvalue weighted by Crippen LogP contribution is -2.49. The maximum atomic E-state index is 13.9. The van der Waals surface area contributed by atoms with Gasteiger partial charge in [-0.1, -0.05) is 13.0 Å². The van der Waals surface area contributed by atoms with Crippen LogP contribution < -0.4 is 10.1 Å². The first-order valence-electron chi connectivity index (χ1n) is 7.07. The second-order valence-corrected chi connectivity index (χ2v) is 5.65. The summed E-state index contributed by atoms with van der Waals surface area (Å²) in [5, 5.41) is 12.1. The lowest BCUT2D eigenvalue weighted by molar-refractivity contribution is 0.0886. The molecule has 5 heteroatoms. The van der Waals surface area contributed by atoms with Gasteiger partial charge in [0.2, 0.25) is 0 Å². The molecule has 1 N–H and O–H groups in total. The van der Waals surface area contributed by atoms with E-state index in [1.165, 1.54) is 25.3 Å². The van der Waals surface area contributed by atoms with E-state index in [-0.39, 0.29) is 11.3 Å². The molecule has 1 fully saturated rings. The maximum Gasteiger partial charge on any atom is 0.259 e. The number of carbonyl (C=O) groups is 1. The summed E-state index contributed by atoms with van der Waals surface area (Å²) in [5.74, 6) is -0.527. The van der Waals surface area contributed by atoms with Gasteiger partial charge in [0.05, 0.1) is 13.2 Å². The molecule has 0 saturated heterocycles.